The van der Waals surface area contributed by atoms with Crippen molar-refractivity contribution in [3.8, 4) is 0 Å². The number of hydrogen-bond acceptors (Lipinski definition) is 4. The standard InChI is InChI=1S/C14H13FN2O2S/c1-20-12-5-2-10(3-6-12)9-16-13-7-4-11(15)8-14(13)17(18)19/h2-8,16H,9H2,1H3. The van der Waals surface area contributed by atoms with Crippen LogP contribution in [-0.2, 0) is 6.54 Å². The molecule has 0 bridgehead atoms. The van der Waals surface area contributed by atoms with Gasteiger partial charge in [-0.2, -0.15) is 0 Å². The van der Waals surface area contributed by atoms with Gasteiger partial charge in [-0.15, -0.1) is 11.8 Å². The Morgan fingerprint density at radius 3 is 2.55 bits per heavy atom. The van der Waals surface area contributed by atoms with Crippen LogP contribution in [0.4, 0.5) is 15.8 Å². The minimum Gasteiger partial charge on any atom is -0.375 e. The van der Waals surface area contributed by atoms with Crippen LogP contribution in [0, 0.1) is 15.9 Å². The number of nitro benzene ring substituents is 1. The van der Waals surface area contributed by atoms with E-state index in [1.165, 1.54) is 12.1 Å². The molecule has 1 N–H and O–H groups in total. The van der Waals surface area contributed by atoms with Crippen LogP contribution in [0.5, 0.6) is 0 Å². The number of thioether (sulfide) groups is 1. The fourth-order valence-electron chi connectivity index (χ4n) is 1.75. The summed E-state index contributed by atoms with van der Waals surface area (Å²) in [7, 11) is 0. The highest BCUT2D eigenvalue weighted by molar-refractivity contribution is 7.98. The van der Waals surface area contributed by atoms with E-state index >= 15 is 0 Å². The van der Waals surface area contributed by atoms with Crippen molar-refractivity contribution in [2.75, 3.05) is 11.6 Å². The molecule has 0 amide bonds. The maximum Gasteiger partial charge on any atom is 0.295 e. The fourth-order valence-corrected chi connectivity index (χ4v) is 2.15. The van der Waals surface area contributed by atoms with Crippen molar-refractivity contribution in [3.05, 3.63) is 64.0 Å². The van der Waals surface area contributed by atoms with Crippen molar-refractivity contribution in [3.63, 3.8) is 0 Å². The zero-order valence-corrected chi connectivity index (χ0v) is 11.6. The van der Waals surface area contributed by atoms with Gasteiger partial charge in [-0.25, -0.2) is 4.39 Å². The van der Waals surface area contributed by atoms with Gasteiger partial charge in [0.15, 0.2) is 0 Å². The molecule has 0 aliphatic rings. The summed E-state index contributed by atoms with van der Waals surface area (Å²) in [5.74, 6) is -0.619. The van der Waals surface area contributed by atoms with Gasteiger partial charge < -0.3 is 5.32 Å². The molecule has 0 saturated heterocycles. The van der Waals surface area contributed by atoms with Crippen LogP contribution in [0.3, 0.4) is 0 Å². The van der Waals surface area contributed by atoms with Crippen molar-refractivity contribution in [2.24, 2.45) is 0 Å². The first-order valence-corrected chi connectivity index (χ1v) is 7.13. The molecule has 0 atom stereocenters. The number of rotatable bonds is 5. The second kappa shape index (κ2) is 6.38. The van der Waals surface area contributed by atoms with Crippen LogP contribution in [-0.4, -0.2) is 11.2 Å². The lowest BCUT2D eigenvalue weighted by Gasteiger charge is -2.07. The Kier molecular flexibility index (Phi) is 4.57. The Morgan fingerprint density at radius 1 is 1.25 bits per heavy atom. The summed E-state index contributed by atoms with van der Waals surface area (Å²) < 4.78 is 13.0. The van der Waals surface area contributed by atoms with E-state index in [1.54, 1.807) is 11.8 Å². The molecule has 0 aliphatic carbocycles. The smallest absolute Gasteiger partial charge is 0.295 e. The van der Waals surface area contributed by atoms with Crippen LogP contribution in [0.1, 0.15) is 5.56 Å². The molecule has 104 valence electrons. The minimum absolute atomic E-state index is 0.259. The lowest BCUT2D eigenvalue weighted by molar-refractivity contribution is -0.384. The summed E-state index contributed by atoms with van der Waals surface area (Å²) >= 11 is 1.65. The monoisotopic (exact) mass is 292 g/mol. The molecule has 0 radical (unpaired) electrons. The Morgan fingerprint density at radius 2 is 1.95 bits per heavy atom. The molecule has 0 unspecified atom stereocenters. The maximum atomic E-state index is 13.0. The molecular formula is C14H13FN2O2S. The molecule has 6 heteroatoms. The summed E-state index contributed by atoms with van der Waals surface area (Å²) in [6, 6.07) is 11.4. The van der Waals surface area contributed by atoms with Gasteiger partial charge in [-0.05, 0) is 36.1 Å². The minimum atomic E-state index is -0.619. The van der Waals surface area contributed by atoms with Crippen molar-refractivity contribution in [1.29, 1.82) is 0 Å². The number of halogens is 1. The van der Waals surface area contributed by atoms with E-state index in [-0.39, 0.29) is 5.69 Å². The predicted molar refractivity (Wildman–Crippen MR) is 78.6 cm³/mol. The average Bonchev–Trinajstić information content (AvgIpc) is 2.46. The van der Waals surface area contributed by atoms with Gasteiger partial charge >= 0.3 is 0 Å². The Hall–Kier alpha value is -2.08. The molecule has 0 aliphatic heterocycles. The Labute approximate surface area is 120 Å². The van der Waals surface area contributed by atoms with Gasteiger partial charge in [-0.1, -0.05) is 12.1 Å². The first-order valence-electron chi connectivity index (χ1n) is 5.91. The zero-order chi connectivity index (χ0) is 14.5. The van der Waals surface area contributed by atoms with Crippen LogP contribution in [0.25, 0.3) is 0 Å². The van der Waals surface area contributed by atoms with E-state index in [4.69, 9.17) is 0 Å². The van der Waals surface area contributed by atoms with Gasteiger partial charge in [0.1, 0.15) is 11.5 Å². The third-order valence-electron chi connectivity index (χ3n) is 2.80. The van der Waals surface area contributed by atoms with Crippen molar-refractivity contribution >= 4 is 23.1 Å². The van der Waals surface area contributed by atoms with Gasteiger partial charge in [-0.3, -0.25) is 10.1 Å². The Balaban J connectivity index is 2.12. The number of nitrogens with one attached hydrogen (secondary N) is 1. The highest BCUT2D eigenvalue weighted by atomic mass is 32.2. The summed E-state index contributed by atoms with van der Waals surface area (Å²) in [4.78, 5) is 11.4. The molecular weight excluding hydrogens is 279 g/mol. The topological polar surface area (TPSA) is 55.2 Å². The fraction of sp³-hybridized carbons (Fsp3) is 0.143. The third-order valence-corrected chi connectivity index (χ3v) is 3.54. The van der Waals surface area contributed by atoms with Crippen LogP contribution in [0.2, 0.25) is 0 Å². The summed E-state index contributed by atoms with van der Waals surface area (Å²) in [6.45, 7) is 0.446. The summed E-state index contributed by atoms with van der Waals surface area (Å²) in [5.41, 5.74) is 1.05. The van der Waals surface area contributed by atoms with E-state index < -0.39 is 10.7 Å². The number of benzene rings is 2. The second-order valence-corrected chi connectivity index (χ2v) is 5.00. The van der Waals surface area contributed by atoms with Gasteiger partial charge in [0.2, 0.25) is 0 Å². The first-order chi connectivity index (χ1) is 9.60. The molecule has 20 heavy (non-hydrogen) atoms. The first kappa shape index (κ1) is 14.3. The average molecular weight is 292 g/mol. The third kappa shape index (κ3) is 3.48. The quantitative estimate of drug-likeness (QED) is 0.513. The van der Waals surface area contributed by atoms with Crippen molar-refractivity contribution in [2.45, 2.75) is 11.4 Å². The van der Waals surface area contributed by atoms with Gasteiger partial charge in [0, 0.05) is 11.4 Å². The van der Waals surface area contributed by atoms with Crippen molar-refractivity contribution in [1.82, 2.24) is 0 Å². The molecule has 0 fully saturated rings. The highest BCUT2D eigenvalue weighted by Gasteiger charge is 2.14. The molecule has 2 rings (SSSR count). The number of anilines is 1. The lowest BCUT2D eigenvalue weighted by atomic mass is 10.2. The predicted octanol–water partition coefficient (Wildman–Crippen LogP) is 4.07. The normalized spacial score (nSPS) is 10.3. The molecule has 2 aromatic carbocycles. The molecule has 2 aromatic rings. The summed E-state index contributed by atoms with van der Waals surface area (Å²) in [6.07, 6.45) is 2.00. The van der Waals surface area contributed by atoms with Crippen LogP contribution in [0.15, 0.2) is 47.4 Å². The van der Waals surface area contributed by atoms with Crippen molar-refractivity contribution < 1.29 is 9.31 Å². The Bertz CT molecular complexity index is 617. The maximum absolute atomic E-state index is 13.0. The van der Waals surface area contributed by atoms with E-state index in [9.17, 15) is 14.5 Å². The number of nitro groups is 1. The molecule has 0 spiro atoms. The largest absolute Gasteiger partial charge is 0.375 e. The highest BCUT2D eigenvalue weighted by Crippen LogP contribution is 2.25. The molecule has 0 saturated carbocycles. The number of hydrogen-bond donors (Lipinski definition) is 1. The zero-order valence-electron chi connectivity index (χ0n) is 10.8. The van der Waals surface area contributed by atoms with Gasteiger partial charge in [0.25, 0.3) is 5.69 Å². The van der Waals surface area contributed by atoms with Gasteiger partial charge in [0.05, 0.1) is 11.0 Å². The second-order valence-electron chi connectivity index (χ2n) is 4.12. The molecule has 0 aromatic heterocycles. The summed E-state index contributed by atoms with van der Waals surface area (Å²) in [5, 5.41) is 13.8. The lowest BCUT2D eigenvalue weighted by Crippen LogP contribution is -2.03. The van der Waals surface area contributed by atoms with E-state index in [2.05, 4.69) is 5.32 Å². The van der Waals surface area contributed by atoms with E-state index in [0.29, 0.717) is 12.2 Å². The SMILES string of the molecule is CSc1ccc(CNc2ccc(F)cc2[N+](=O)[O-])cc1. The molecule has 0 heterocycles. The number of nitrogens with zero attached hydrogens (tertiary/aromatic N) is 1. The van der Waals surface area contributed by atoms with Crippen LogP contribution >= 0.6 is 11.8 Å². The van der Waals surface area contributed by atoms with E-state index in [0.717, 1.165) is 16.5 Å². The van der Waals surface area contributed by atoms with E-state index in [1.807, 2.05) is 30.5 Å². The molecule has 4 nitrogen and oxygen atoms in total. The van der Waals surface area contributed by atoms with Crippen LogP contribution < -0.4 is 5.32 Å².